The Balaban J connectivity index is 1.48. The van der Waals surface area contributed by atoms with Crippen LogP contribution in [0.25, 0.3) is 10.9 Å². The van der Waals surface area contributed by atoms with Gasteiger partial charge in [-0.15, -0.1) is 0 Å². The number of pyridine rings is 1. The predicted molar refractivity (Wildman–Crippen MR) is 91.6 cm³/mol. The molecule has 0 spiro atoms. The number of aromatic nitrogens is 1. The molecular weight excluding hydrogens is 321 g/mol. The maximum absolute atomic E-state index is 13.4. The van der Waals surface area contributed by atoms with Crippen LogP contribution < -0.4 is 5.32 Å². The highest BCUT2D eigenvalue weighted by Crippen LogP contribution is 2.32. The van der Waals surface area contributed by atoms with Crippen molar-refractivity contribution in [3.8, 4) is 0 Å². The van der Waals surface area contributed by atoms with Gasteiger partial charge in [0.1, 0.15) is 5.82 Å². The van der Waals surface area contributed by atoms with Crippen LogP contribution in [-0.4, -0.2) is 40.8 Å². The number of halogens is 1. The molecule has 130 valence electrons. The van der Waals surface area contributed by atoms with Crippen molar-refractivity contribution in [1.82, 2.24) is 15.2 Å². The SMILES string of the molecule is Cc1cc(C(=O)NCC2CC(=O)N(C3CC3)C2)c2ccc(F)cc2n1. The summed E-state index contributed by atoms with van der Waals surface area (Å²) in [6.45, 7) is 2.98. The zero-order valence-corrected chi connectivity index (χ0v) is 14.1. The van der Waals surface area contributed by atoms with E-state index in [-0.39, 0.29) is 23.5 Å². The molecule has 25 heavy (non-hydrogen) atoms. The van der Waals surface area contributed by atoms with Crippen LogP contribution in [0.15, 0.2) is 24.3 Å². The monoisotopic (exact) mass is 341 g/mol. The Labute approximate surface area is 145 Å². The predicted octanol–water partition coefficient (Wildman–Crippen LogP) is 2.42. The lowest BCUT2D eigenvalue weighted by atomic mass is 10.1. The molecule has 1 aromatic carbocycles. The average molecular weight is 341 g/mol. The third-order valence-electron chi connectivity index (χ3n) is 4.92. The van der Waals surface area contributed by atoms with E-state index in [9.17, 15) is 14.0 Å². The molecule has 1 saturated heterocycles. The van der Waals surface area contributed by atoms with E-state index >= 15 is 0 Å². The third-order valence-corrected chi connectivity index (χ3v) is 4.92. The summed E-state index contributed by atoms with van der Waals surface area (Å²) < 4.78 is 13.4. The second-order valence-corrected chi connectivity index (χ2v) is 7.03. The van der Waals surface area contributed by atoms with Gasteiger partial charge in [0.05, 0.1) is 11.1 Å². The van der Waals surface area contributed by atoms with Crippen molar-refractivity contribution in [2.24, 2.45) is 5.92 Å². The molecule has 2 amide bonds. The van der Waals surface area contributed by atoms with Crippen molar-refractivity contribution in [2.45, 2.75) is 32.2 Å². The van der Waals surface area contributed by atoms with Crippen LogP contribution >= 0.6 is 0 Å². The molecular formula is C19H20FN3O2. The van der Waals surface area contributed by atoms with Crippen LogP contribution in [0.1, 0.15) is 35.3 Å². The van der Waals surface area contributed by atoms with Crippen LogP contribution in [0.5, 0.6) is 0 Å². The first-order valence-corrected chi connectivity index (χ1v) is 8.66. The first-order chi connectivity index (χ1) is 12.0. The molecule has 1 N–H and O–H groups in total. The van der Waals surface area contributed by atoms with Crippen LogP contribution in [0.2, 0.25) is 0 Å². The molecule has 4 rings (SSSR count). The highest BCUT2D eigenvalue weighted by Gasteiger charge is 2.39. The fourth-order valence-corrected chi connectivity index (χ4v) is 3.54. The summed E-state index contributed by atoms with van der Waals surface area (Å²) in [5.74, 6) is -0.229. The van der Waals surface area contributed by atoms with Crippen molar-refractivity contribution in [3.05, 3.63) is 41.3 Å². The Kier molecular flexibility index (Phi) is 3.90. The van der Waals surface area contributed by atoms with Gasteiger partial charge in [-0.1, -0.05) is 0 Å². The van der Waals surface area contributed by atoms with E-state index < -0.39 is 0 Å². The Hall–Kier alpha value is -2.50. The maximum Gasteiger partial charge on any atom is 0.252 e. The highest BCUT2D eigenvalue weighted by atomic mass is 19.1. The summed E-state index contributed by atoms with van der Waals surface area (Å²) in [5.41, 5.74) is 1.63. The fraction of sp³-hybridized carbons (Fsp3) is 0.421. The minimum atomic E-state index is -0.374. The quantitative estimate of drug-likeness (QED) is 0.929. The van der Waals surface area contributed by atoms with E-state index in [1.807, 2.05) is 4.90 Å². The number of fused-ring (bicyclic) bond motifs is 1. The lowest BCUT2D eigenvalue weighted by Crippen LogP contribution is -2.32. The molecule has 1 aromatic heterocycles. The van der Waals surface area contributed by atoms with Crippen molar-refractivity contribution >= 4 is 22.7 Å². The van der Waals surface area contributed by atoms with Crippen LogP contribution in [0, 0.1) is 18.7 Å². The number of hydrogen-bond donors (Lipinski definition) is 1. The van der Waals surface area contributed by atoms with Gasteiger partial charge in [0.25, 0.3) is 5.91 Å². The van der Waals surface area contributed by atoms with Crippen molar-refractivity contribution in [3.63, 3.8) is 0 Å². The second kappa shape index (κ2) is 6.10. The molecule has 2 aliphatic rings. The van der Waals surface area contributed by atoms with Gasteiger partial charge in [-0.3, -0.25) is 14.6 Å². The summed E-state index contributed by atoms with van der Waals surface area (Å²) in [5, 5.41) is 3.57. The number of likely N-dealkylation sites (tertiary alicyclic amines) is 1. The van der Waals surface area contributed by atoms with Crippen molar-refractivity contribution < 1.29 is 14.0 Å². The Morgan fingerprint density at radius 2 is 2.16 bits per heavy atom. The molecule has 2 heterocycles. The summed E-state index contributed by atoms with van der Waals surface area (Å²) in [6, 6.07) is 6.39. The van der Waals surface area contributed by atoms with Gasteiger partial charge in [0.15, 0.2) is 0 Å². The maximum atomic E-state index is 13.4. The number of rotatable bonds is 4. The van der Waals surface area contributed by atoms with Crippen LogP contribution in [-0.2, 0) is 4.79 Å². The standard InChI is InChI=1S/C19H20FN3O2/c1-11-6-16(15-5-2-13(20)8-17(15)22-11)19(25)21-9-12-7-18(24)23(10-12)14-3-4-14/h2,5-6,8,12,14H,3-4,7,9-10H2,1H3,(H,21,25). The number of hydrogen-bond acceptors (Lipinski definition) is 3. The molecule has 1 aliphatic heterocycles. The third kappa shape index (κ3) is 3.21. The highest BCUT2D eigenvalue weighted by molar-refractivity contribution is 6.06. The second-order valence-electron chi connectivity index (χ2n) is 7.03. The molecule has 1 unspecified atom stereocenters. The van der Waals surface area contributed by atoms with Gasteiger partial charge < -0.3 is 10.2 Å². The normalized spacial score (nSPS) is 20.3. The Morgan fingerprint density at radius 3 is 2.92 bits per heavy atom. The topological polar surface area (TPSA) is 62.3 Å². The van der Waals surface area contributed by atoms with Crippen LogP contribution in [0.3, 0.4) is 0 Å². The summed E-state index contributed by atoms with van der Waals surface area (Å²) in [4.78, 5) is 30.9. The first-order valence-electron chi connectivity index (χ1n) is 8.66. The molecule has 2 aromatic rings. The fourth-order valence-electron chi connectivity index (χ4n) is 3.54. The summed E-state index contributed by atoms with van der Waals surface area (Å²) in [6.07, 6.45) is 2.70. The number of aryl methyl sites for hydroxylation is 1. The largest absolute Gasteiger partial charge is 0.352 e. The van der Waals surface area contributed by atoms with Crippen molar-refractivity contribution in [1.29, 1.82) is 0 Å². The summed E-state index contributed by atoms with van der Waals surface area (Å²) in [7, 11) is 0. The minimum absolute atomic E-state index is 0.156. The average Bonchev–Trinajstić information content (AvgIpc) is 3.34. The number of amides is 2. The number of benzene rings is 1. The molecule has 1 atom stereocenters. The first kappa shape index (κ1) is 16.0. The molecule has 1 aliphatic carbocycles. The van der Waals surface area contributed by atoms with Gasteiger partial charge in [-0.2, -0.15) is 0 Å². The molecule has 0 radical (unpaired) electrons. The molecule has 1 saturated carbocycles. The van der Waals surface area contributed by atoms with E-state index in [1.165, 1.54) is 12.1 Å². The molecule has 6 heteroatoms. The van der Waals surface area contributed by atoms with Gasteiger partial charge in [0.2, 0.25) is 5.91 Å². The smallest absolute Gasteiger partial charge is 0.252 e. The lowest BCUT2D eigenvalue weighted by Gasteiger charge is -2.16. The van der Waals surface area contributed by atoms with Gasteiger partial charge in [-0.25, -0.2) is 4.39 Å². The van der Waals surface area contributed by atoms with E-state index in [2.05, 4.69) is 10.3 Å². The zero-order valence-electron chi connectivity index (χ0n) is 14.1. The van der Waals surface area contributed by atoms with Crippen molar-refractivity contribution in [2.75, 3.05) is 13.1 Å². The van der Waals surface area contributed by atoms with Gasteiger partial charge in [0, 0.05) is 48.6 Å². The number of nitrogens with one attached hydrogen (secondary N) is 1. The Bertz CT molecular complexity index is 858. The summed E-state index contributed by atoms with van der Waals surface area (Å²) >= 11 is 0. The van der Waals surface area contributed by atoms with Crippen LogP contribution in [0.4, 0.5) is 4.39 Å². The van der Waals surface area contributed by atoms with E-state index in [0.717, 1.165) is 19.4 Å². The van der Waals surface area contributed by atoms with Gasteiger partial charge >= 0.3 is 0 Å². The molecule has 0 bridgehead atoms. The number of carbonyl (C=O) groups is 2. The van der Waals surface area contributed by atoms with Gasteiger partial charge in [-0.05, 0) is 38.0 Å². The lowest BCUT2D eigenvalue weighted by molar-refractivity contribution is -0.128. The zero-order chi connectivity index (χ0) is 17.6. The molecule has 5 nitrogen and oxygen atoms in total. The minimum Gasteiger partial charge on any atom is -0.352 e. The number of carbonyl (C=O) groups excluding carboxylic acids is 2. The van der Waals surface area contributed by atoms with E-state index in [0.29, 0.717) is 41.2 Å². The van der Waals surface area contributed by atoms with E-state index in [4.69, 9.17) is 0 Å². The van der Waals surface area contributed by atoms with E-state index in [1.54, 1.807) is 19.1 Å². The molecule has 2 fully saturated rings. The number of nitrogens with zero attached hydrogens (tertiary/aromatic N) is 2. The Morgan fingerprint density at radius 1 is 1.36 bits per heavy atom.